The topological polar surface area (TPSA) is 50.4 Å². The minimum atomic E-state index is -0.137. The van der Waals surface area contributed by atoms with Crippen LogP contribution in [0.1, 0.15) is 29.8 Å². The third kappa shape index (κ3) is 4.60. The molecule has 0 spiro atoms. The number of benzene rings is 2. The molecule has 0 saturated carbocycles. The van der Waals surface area contributed by atoms with Gasteiger partial charge in [0, 0.05) is 17.8 Å². The summed E-state index contributed by atoms with van der Waals surface area (Å²) in [6, 6.07) is 15.0. The molecule has 2 rings (SSSR count). The molecule has 4 heteroatoms. The van der Waals surface area contributed by atoms with E-state index in [0.717, 1.165) is 24.3 Å². The summed E-state index contributed by atoms with van der Waals surface area (Å²) in [6.45, 7) is 6.28. The largest absolute Gasteiger partial charge is 0.494 e. The molecule has 2 aromatic rings. The standard InChI is InChI=1S/C18H22N2O2/c1-3-19-13-14-7-5-9-16(11-14)20-18(21)15-8-6-10-17(12-15)22-4-2/h5-12,19H,3-4,13H2,1-2H3,(H,20,21). The molecule has 116 valence electrons. The van der Waals surface area contributed by atoms with Gasteiger partial charge in [0.15, 0.2) is 0 Å². The Kier molecular flexibility index (Phi) is 5.98. The van der Waals surface area contributed by atoms with E-state index < -0.39 is 0 Å². The van der Waals surface area contributed by atoms with Gasteiger partial charge in [0.05, 0.1) is 6.61 Å². The molecule has 4 nitrogen and oxygen atoms in total. The fourth-order valence-electron chi connectivity index (χ4n) is 2.13. The third-order valence-corrected chi connectivity index (χ3v) is 3.17. The summed E-state index contributed by atoms with van der Waals surface area (Å²) in [7, 11) is 0. The van der Waals surface area contributed by atoms with Crippen molar-refractivity contribution in [3.8, 4) is 5.75 Å². The van der Waals surface area contributed by atoms with E-state index in [1.54, 1.807) is 12.1 Å². The maximum atomic E-state index is 12.3. The van der Waals surface area contributed by atoms with Gasteiger partial charge in [-0.15, -0.1) is 0 Å². The molecule has 0 aromatic heterocycles. The zero-order valence-corrected chi connectivity index (χ0v) is 13.1. The number of nitrogens with one attached hydrogen (secondary N) is 2. The Hall–Kier alpha value is -2.33. The van der Waals surface area contributed by atoms with Crippen LogP contribution in [0.15, 0.2) is 48.5 Å². The highest BCUT2D eigenvalue weighted by Gasteiger charge is 2.07. The molecule has 0 radical (unpaired) electrons. The van der Waals surface area contributed by atoms with Crippen LogP contribution >= 0.6 is 0 Å². The summed E-state index contributed by atoms with van der Waals surface area (Å²) in [5.41, 5.74) is 2.52. The van der Waals surface area contributed by atoms with Crippen LogP contribution in [0.3, 0.4) is 0 Å². The van der Waals surface area contributed by atoms with E-state index in [2.05, 4.69) is 17.6 Å². The van der Waals surface area contributed by atoms with Crippen molar-refractivity contribution < 1.29 is 9.53 Å². The highest BCUT2D eigenvalue weighted by atomic mass is 16.5. The number of carbonyl (C=O) groups excluding carboxylic acids is 1. The minimum Gasteiger partial charge on any atom is -0.494 e. The fourth-order valence-corrected chi connectivity index (χ4v) is 2.13. The summed E-state index contributed by atoms with van der Waals surface area (Å²) >= 11 is 0. The van der Waals surface area contributed by atoms with Crippen LogP contribution in [-0.2, 0) is 6.54 Å². The SMILES string of the molecule is CCNCc1cccc(NC(=O)c2cccc(OCC)c2)c1. The molecule has 0 aliphatic carbocycles. The molecule has 2 aromatic carbocycles. The van der Waals surface area contributed by atoms with Crippen LogP contribution in [0.2, 0.25) is 0 Å². The normalized spacial score (nSPS) is 10.3. The fraction of sp³-hybridized carbons (Fsp3) is 0.278. The van der Waals surface area contributed by atoms with Crippen molar-refractivity contribution in [3.63, 3.8) is 0 Å². The second kappa shape index (κ2) is 8.20. The first-order valence-electron chi connectivity index (χ1n) is 7.56. The van der Waals surface area contributed by atoms with Crippen LogP contribution in [-0.4, -0.2) is 19.1 Å². The molecule has 22 heavy (non-hydrogen) atoms. The summed E-state index contributed by atoms with van der Waals surface area (Å²) < 4.78 is 5.42. The molecule has 0 heterocycles. The monoisotopic (exact) mass is 298 g/mol. The molecule has 0 bridgehead atoms. The number of hydrogen-bond acceptors (Lipinski definition) is 3. The van der Waals surface area contributed by atoms with Gasteiger partial charge in [0.2, 0.25) is 0 Å². The van der Waals surface area contributed by atoms with Crippen molar-refractivity contribution in [2.24, 2.45) is 0 Å². The van der Waals surface area contributed by atoms with Gasteiger partial charge >= 0.3 is 0 Å². The maximum absolute atomic E-state index is 12.3. The van der Waals surface area contributed by atoms with Crippen molar-refractivity contribution >= 4 is 11.6 Å². The number of carbonyl (C=O) groups is 1. The van der Waals surface area contributed by atoms with E-state index in [1.165, 1.54) is 0 Å². The van der Waals surface area contributed by atoms with Crippen molar-refractivity contribution in [2.75, 3.05) is 18.5 Å². The van der Waals surface area contributed by atoms with Gasteiger partial charge in [-0.3, -0.25) is 4.79 Å². The Morgan fingerprint density at radius 1 is 1.09 bits per heavy atom. The van der Waals surface area contributed by atoms with Crippen molar-refractivity contribution in [1.82, 2.24) is 5.32 Å². The van der Waals surface area contributed by atoms with Crippen LogP contribution in [0.5, 0.6) is 5.75 Å². The Morgan fingerprint density at radius 3 is 2.68 bits per heavy atom. The zero-order chi connectivity index (χ0) is 15.8. The van der Waals surface area contributed by atoms with E-state index in [0.29, 0.717) is 17.9 Å². The van der Waals surface area contributed by atoms with Gasteiger partial charge in [0.25, 0.3) is 5.91 Å². The van der Waals surface area contributed by atoms with Crippen molar-refractivity contribution in [2.45, 2.75) is 20.4 Å². The Balaban J connectivity index is 2.06. The van der Waals surface area contributed by atoms with Crippen molar-refractivity contribution in [1.29, 1.82) is 0 Å². The van der Waals surface area contributed by atoms with Crippen LogP contribution in [0.4, 0.5) is 5.69 Å². The molecule has 0 atom stereocenters. The molecular formula is C18H22N2O2. The van der Waals surface area contributed by atoms with E-state index in [-0.39, 0.29) is 5.91 Å². The number of amides is 1. The molecule has 2 N–H and O–H groups in total. The van der Waals surface area contributed by atoms with Gasteiger partial charge in [-0.2, -0.15) is 0 Å². The average Bonchev–Trinajstić information content (AvgIpc) is 2.54. The molecule has 0 fully saturated rings. The van der Waals surface area contributed by atoms with E-state index in [9.17, 15) is 4.79 Å². The first kappa shape index (κ1) is 16.0. The summed E-state index contributed by atoms with van der Waals surface area (Å²) in [5, 5.41) is 6.19. The van der Waals surface area contributed by atoms with Gasteiger partial charge in [0.1, 0.15) is 5.75 Å². The number of ether oxygens (including phenoxy) is 1. The zero-order valence-electron chi connectivity index (χ0n) is 13.1. The van der Waals surface area contributed by atoms with Gasteiger partial charge in [-0.05, 0) is 49.4 Å². The highest BCUT2D eigenvalue weighted by Crippen LogP contribution is 2.16. The molecule has 0 unspecified atom stereocenters. The van der Waals surface area contributed by atoms with E-state index in [4.69, 9.17) is 4.74 Å². The van der Waals surface area contributed by atoms with Gasteiger partial charge < -0.3 is 15.4 Å². The van der Waals surface area contributed by atoms with E-state index in [1.807, 2.05) is 43.3 Å². The molecule has 0 aliphatic heterocycles. The Morgan fingerprint density at radius 2 is 1.91 bits per heavy atom. The van der Waals surface area contributed by atoms with Crippen LogP contribution in [0.25, 0.3) is 0 Å². The first-order valence-corrected chi connectivity index (χ1v) is 7.56. The Labute approximate surface area is 131 Å². The second-order valence-electron chi connectivity index (χ2n) is 4.90. The number of anilines is 1. The molecule has 0 aliphatic rings. The predicted molar refractivity (Wildman–Crippen MR) is 89.4 cm³/mol. The lowest BCUT2D eigenvalue weighted by molar-refractivity contribution is 0.102. The number of hydrogen-bond donors (Lipinski definition) is 2. The van der Waals surface area contributed by atoms with Crippen LogP contribution < -0.4 is 15.4 Å². The molecule has 1 amide bonds. The molecular weight excluding hydrogens is 276 g/mol. The van der Waals surface area contributed by atoms with Crippen LogP contribution in [0, 0.1) is 0 Å². The summed E-state index contributed by atoms with van der Waals surface area (Å²) in [6.07, 6.45) is 0. The van der Waals surface area contributed by atoms with Crippen molar-refractivity contribution in [3.05, 3.63) is 59.7 Å². The molecule has 0 saturated heterocycles. The average molecular weight is 298 g/mol. The Bertz CT molecular complexity index is 626. The third-order valence-electron chi connectivity index (χ3n) is 3.17. The predicted octanol–water partition coefficient (Wildman–Crippen LogP) is 3.45. The van der Waals surface area contributed by atoms with E-state index >= 15 is 0 Å². The minimum absolute atomic E-state index is 0.137. The number of rotatable bonds is 7. The van der Waals surface area contributed by atoms with Gasteiger partial charge in [-0.1, -0.05) is 25.1 Å². The van der Waals surface area contributed by atoms with Gasteiger partial charge in [-0.25, -0.2) is 0 Å². The summed E-state index contributed by atoms with van der Waals surface area (Å²) in [5.74, 6) is 0.568. The first-order chi connectivity index (χ1) is 10.7. The summed E-state index contributed by atoms with van der Waals surface area (Å²) in [4.78, 5) is 12.3. The lowest BCUT2D eigenvalue weighted by Crippen LogP contribution is -2.14. The maximum Gasteiger partial charge on any atom is 0.255 e. The quantitative estimate of drug-likeness (QED) is 0.823. The lowest BCUT2D eigenvalue weighted by Gasteiger charge is -2.09. The smallest absolute Gasteiger partial charge is 0.255 e. The lowest BCUT2D eigenvalue weighted by atomic mass is 10.1. The highest BCUT2D eigenvalue weighted by molar-refractivity contribution is 6.04. The second-order valence-corrected chi connectivity index (χ2v) is 4.90.